The number of carboxylic acid groups (broad SMARTS) is 1. The topological polar surface area (TPSA) is 76.1 Å². The summed E-state index contributed by atoms with van der Waals surface area (Å²) in [6.07, 6.45) is -4.81. The molecule has 1 aromatic carbocycles. The Hall–Kier alpha value is -2.45. The van der Waals surface area contributed by atoms with E-state index in [1.165, 1.54) is 6.07 Å². The highest BCUT2D eigenvalue weighted by Crippen LogP contribution is 2.38. The minimum absolute atomic E-state index is 0.0627. The number of carboxylic acids is 1. The summed E-state index contributed by atoms with van der Waals surface area (Å²) < 4.78 is 45.7. The third kappa shape index (κ3) is 3.23. The van der Waals surface area contributed by atoms with Gasteiger partial charge in [-0.25, -0.2) is 4.79 Å². The second-order valence-electron chi connectivity index (χ2n) is 4.49. The van der Waals surface area contributed by atoms with E-state index in [-0.39, 0.29) is 24.5 Å². The van der Waals surface area contributed by atoms with Crippen molar-refractivity contribution < 1.29 is 37.3 Å². The van der Waals surface area contributed by atoms with Crippen molar-refractivity contribution in [1.82, 2.24) is 0 Å². The Labute approximate surface area is 123 Å². The monoisotopic (exact) mass is 319 g/mol. The van der Waals surface area contributed by atoms with Gasteiger partial charge in [-0.3, -0.25) is 9.69 Å². The van der Waals surface area contributed by atoms with E-state index < -0.39 is 30.0 Å². The standard InChI is InChI=1S/C13H12F3NO5/c1-2-8(12(19)20)17-9-5-7(22-13(14,15)16)3-4-10(9)21-6-11(17)18/h3-5,8H,2,6H2,1H3,(H,19,20). The van der Waals surface area contributed by atoms with Gasteiger partial charge in [-0.2, -0.15) is 0 Å². The number of amides is 1. The minimum atomic E-state index is -4.89. The van der Waals surface area contributed by atoms with Crippen molar-refractivity contribution >= 4 is 17.6 Å². The number of benzene rings is 1. The number of nitrogens with zero attached hydrogens (tertiary/aromatic N) is 1. The van der Waals surface area contributed by atoms with Crippen LogP contribution in [0.15, 0.2) is 18.2 Å². The van der Waals surface area contributed by atoms with E-state index in [1.54, 1.807) is 6.92 Å². The van der Waals surface area contributed by atoms with E-state index in [2.05, 4.69) is 4.74 Å². The van der Waals surface area contributed by atoms with Crippen LogP contribution in [0.4, 0.5) is 18.9 Å². The summed E-state index contributed by atoms with van der Waals surface area (Å²) in [7, 11) is 0. The number of hydrogen-bond donors (Lipinski definition) is 1. The first kappa shape index (κ1) is 15.9. The predicted molar refractivity (Wildman–Crippen MR) is 67.8 cm³/mol. The number of ether oxygens (including phenoxy) is 2. The van der Waals surface area contributed by atoms with Crippen LogP contribution in [0.3, 0.4) is 0 Å². The molecule has 0 aliphatic carbocycles. The van der Waals surface area contributed by atoms with Crippen LogP contribution in [0.5, 0.6) is 11.5 Å². The van der Waals surface area contributed by atoms with Crippen molar-refractivity contribution in [2.24, 2.45) is 0 Å². The van der Waals surface area contributed by atoms with Crippen molar-refractivity contribution in [2.45, 2.75) is 25.7 Å². The molecule has 0 radical (unpaired) electrons. The second-order valence-corrected chi connectivity index (χ2v) is 4.49. The summed E-state index contributed by atoms with van der Waals surface area (Å²) in [5, 5.41) is 9.18. The molecule has 0 saturated heterocycles. The highest BCUT2D eigenvalue weighted by molar-refractivity contribution is 6.02. The summed E-state index contributed by atoms with van der Waals surface area (Å²) in [6, 6.07) is 1.97. The van der Waals surface area contributed by atoms with Crippen LogP contribution >= 0.6 is 0 Å². The first-order valence-corrected chi connectivity index (χ1v) is 6.30. The third-order valence-electron chi connectivity index (χ3n) is 3.03. The first-order valence-electron chi connectivity index (χ1n) is 6.30. The molecule has 120 valence electrons. The van der Waals surface area contributed by atoms with Crippen LogP contribution in [0.2, 0.25) is 0 Å². The first-order chi connectivity index (χ1) is 10.2. The fourth-order valence-electron chi connectivity index (χ4n) is 2.16. The number of carbonyl (C=O) groups is 2. The zero-order valence-corrected chi connectivity index (χ0v) is 11.4. The van der Waals surface area contributed by atoms with Crippen molar-refractivity contribution in [3.05, 3.63) is 18.2 Å². The van der Waals surface area contributed by atoms with Gasteiger partial charge in [-0.05, 0) is 18.6 Å². The Morgan fingerprint density at radius 2 is 2.18 bits per heavy atom. The number of aliphatic carboxylic acids is 1. The predicted octanol–water partition coefficient (Wildman–Crippen LogP) is 2.17. The molecule has 22 heavy (non-hydrogen) atoms. The van der Waals surface area contributed by atoms with Crippen LogP contribution in [0, 0.1) is 0 Å². The van der Waals surface area contributed by atoms with E-state index in [0.29, 0.717) is 0 Å². The van der Waals surface area contributed by atoms with E-state index in [4.69, 9.17) is 4.74 Å². The normalized spacial score (nSPS) is 15.8. The van der Waals surface area contributed by atoms with Gasteiger partial charge in [0.1, 0.15) is 17.5 Å². The average Bonchev–Trinajstić information content (AvgIpc) is 2.40. The molecule has 1 amide bonds. The highest BCUT2D eigenvalue weighted by Gasteiger charge is 2.36. The number of fused-ring (bicyclic) bond motifs is 1. The smallest absolute Gasteiger partial charge is 0.482 e. The van der Waals surface area contributed by atoms with Crippen LogP contribution in [0.1, 0.15) is 13.3 Å². The van der Waals surface area contributed by atoms with Gasteiger partial charge in [-0.15, -0.1) is 13.2 Å². The highest BCUT2D eigenvalue weighted by atomic mass is 19.4. The molecule has 6 nitrogen and oxygen atoms in total. The summed E-state index contributed by atoms with van der Waals surface area (Å²) in [6.45, 7) is 1.17. The van der Waals surface area contributed by atoms with Gasteiger partial charge < -0.3 is 14.6 Å². The molecule has 0 bridgehead atoms. The third-order valence-corrected chi connectivity index (χ3v) is 3.03. The molecule has 1 atom stereocenters. The largest absolute Gasteiger partial charge is 0.573 e. The molecule has 0 saturated carbocycles. The van der Waals surface area contributed by atoms with E-state index in [0.717, 1.165) is 17.0 Å². The maximum atomic E-state index is 12.3. The Morgan fingerprint density at radius 1 is 1.50 bits per heavy atom. The molecule has 1 aliphatic heterocycles. The Bertz CT molecular complexity index is 602. The number of carbonyl (C=O) groups excluding carboxylic acids is 1. The lowest BCUT2D eigenvalue weighted by Crippen LogP contribution is -2.49. The van der Waals surface area contributed by atoms with Crippen LogP contribution in [0.25, 0.3) is 0 Å². The molecule has 0 fully saturated rings. The minimum Gasteiger partial charge on any atom is -0.482 e. The molecule has 1 aromatic rings. The van der Waals surface area contributed by atoms with Gasteiger partial charge in [0.2, 0.25) is 0 Å². The Kier molecular flexibility index (Phi) is 4.16. The van der Waals surface area contributed by atoms with Crippen LogP contribution in [-0.2, 0) is 9.59 Å². The van der Waals surface area contributed by atoms with Gasteiger partial charge in [0.05, 0.1) is 5.69 Å². The lowest BCUT2D eigenvalue weighted by molar-refractivity contribution is -0.274. The van der Waals surface area contributed by atoms with E-state index in [9.17, 15) is 27.9 Å². The Morgan fingerprint density at radius 3 is 2.73 bits per heavy atom. The molecular formula is C13H12F3NO5. The molecule has 1 heterocycles. The number of alkyl halides is 3. The zero-order valence-electron chi connectivity index (χ0n) is 11.4. The maximum absolute atomic E-state index is 12.3. The van der Waals surface area contributed by atoms with Crippen molar-refractivity contribution in [1.29, 1.82) is 0 Å². The van der Waals surface area contributed by atoms with Crippen molar-refractivity contribution in [3.63, 3.8) is 0 Å². The molecule has 1 N–H and O–H groups in total. The lowest BCUT2D eigenvalue weighted by Gasteiger charge is -2.33. The fourth-order valence-corrected chi connectivity index (χ4v) is 2.16. The summed E-state index contributed by atoms with van der Waals surface area (Å²) in [5.74, 6) is -2.35. The van der Waals surface area contributed by atoms with E-state index in [1.807, 2.05) is 0 Å². The van der Waals surface area contributed by atoms with Gasteiger partial charge in [0, 0.05) is 6.07 Å². The SMILES string of the molecule is CCC(C(=O)O)N1C(=O)COc2ccc(OC(F)(F)F)cc21. The van der Waals surface area contributed by atoms with Gasteiger partial charge >= 0.3 is 12.3 Å². The van der Waals surface area contributed by atoms with E-state index >= 15 is 0 Å². The Balaban J connectivity index is 2.45. The fraction of sp³-hybridized carbons (Fsp3) is 0.385. The van der Waals surface area contributed by atoms with Crippen molar-refractivity contribution in [2.75, 3.05) is 11.5 Å². The summed E-state index contributed by atoms with van der Waals surface area (Å²) >= 11 is 0. The molecule has 1 aliphatic rings. The second kappa shape index (κ2) is 5.74. The molecule has 2 rings (SSSR count). The van der Waals surface area contributed by atoms with Crippen molar-refractivity contribution in [3.8, 4) is 11.5 Å². The van der Waals surface area contributed by atoms with Crippen LogP contribution < -0.4 is 14.4 Å². The number of rotatable bonds is 4. The quantitative estimate of drug-likeness (QED) is 0.920. The maximum Gasteiger partial charge on any atom is 0.573 e. The summed E-state index contributed by atoms with van der Waals surface area (Å²) in [4.78, 5) is 24.1. The van der Waals surface area contributed by atoms with Gasteiger partial charge in [0.15, 0.2) is 6.61 Å². The average molecular weight is 319 g/mol. The lowest BCUT2D eigenvalue weighted by atomic mass is 10.1. The number of halogens is 3. The molecule has 1 unspecified atom stereocenters. The number of hydrogen-bond acceptors (Lipinski definition) is 4. The molecule has 0 spiro atoms. The molecule has 0 aromatic heterocycles. The molecular weight excluding hydrogens is 307 g/mol. The number of anilines is 1. The summed E-state index contributed by atoms with van der Waals surface area (Å²) in [5.41, 5.74) is -0.0627. The van der Waals surface area contributed by atoms with Gasteiger partial charge in [-0.1, -0.05) is 6.92 Å². The van der Waals surface area contributed by atoms with Gasteiger partial charge in [0.25, 0.3) is 5.91 Å². The molecule has 9 heteroatoms. The van der Waals surface area contributed by atoms with Crippen LogP contribution in [-0.4, -0.2) is 36.0 Å². The zero-order chi connectivity index (χ0) is 16.5.